The lowest BCUT2D eigenvalue weighted by Crippen LogP contribution is -2.21. The molecule has 0 amide bonds. The van der Waals surface area contributed by atoms with Crippen LogP contribution in [0.1, 0.15) is 13.8 Å². The van der Waals surface area contributed by atoms with Crippen LogP contribution in [0, 0.1) is 10.1 Å². The number of hydrogen-bond donors (Lipinski definition) is 2. The van der Waals surface area contributed by atoms with Crippen molar-refractivity contribution in [1.82, 2.24) is 5.32 Å². The Balaban J connectivity index is 5.24. The maximum atomic E-state index is 11.9. The average molecular weight is 251 g/mol. The van der Waals surface area contributed by atoms with Gasteiger partial charge in [0.2, 0.25) is 5.78 Å². The molecule has 0 radical (unpaired) electrons. The van der Waals surface area contributed by atoms with E-state index >= 15 is 0 Å². The molecule has 0 atom stereocenters. The van der Waals surface area contributed by atoms with E-state index in [1.165, 1.54) is 12.2 Å². The van der Waals surface area contributed by atoms with Gasteiger partial charge in [-0.15, -0.1) is 0 Å². The zero-order valence-electron chi connectivity index (χ0n) is 10.7. The standard InChI is InChI=1S/C12H17N3O3/c1-5-10(15(17)18)7-6-8(2)12(16)11(14-4)9(3)13/h5-7,14H,1,13H2,2-4H3/b8-6+,10-7+,11-9+. The molecule has 0 aliphatic heterocycles. The molecule has 0 fully saturated rings. The van der Waals surface area contributed by atoms with Crippen molar-refractivity contribution in [2.45, 2.75) is 13.8 Å². The van der Waals surface area contributed by atoms with Crippen molar-refractivity contribution < 1.29 is 9.72 Å². The van der Waals surface area contributed by atoms with Crippen molar-refractivity contribution in [2.75, 3.05) is 7.05 Å². The van der Waals surface area contributed by atoms with Gasteiger partial charge in [-0.25, -0.2) is 0 Å². The number of nitrogens with one attached hydrogen (secondary N) is 1. The third kappa shape index (κ3) is 4.25. The van der Waals surface area contributed by atoms with E-state index < -0.39 is 4.92 Å². The van der Waals surface area contributed by atoms with Gasteiger partial charge in [-0.05, 0) is 25.5 Å². The number of ketones is 1. The number of allylic oxidation sites excluding steroid dienone is 5. The van der Waals surface area contributed by atoms with Gasteiger partial charge in [-0.2, -0.15) is 0 Å². The number of carbonyl (C=O) groups is 1. The third-order valence-corrected chi connectivity index (χ3v) is 2.15. The minimum Gasteiger partial charge on any atom is -0.400 e. The van der Waals surface area contributed by atoms with E-state index in [0.717, 1.165) is 6.08 Å². The summed E-state index contributed by atoms with van der Waals surface area (Å²) in [5.74, 6) is -0.305. The summed E-state index contributed by atoms with van der Waals surface area (Å²) in [5.41, 5.74) is 6.34. The molecule has 0 heterocycles. The normalized spacial score (nSPS) is 13.7. The summed E-state index contributed by atoms with van der Waals surface area (Å²) in [5, 5.41) is 13.2. The third-order valence-electron chi connectivity index (χ3n) is 2.15. The molecule has 0 spiro atoms. The SMILES string of the molecule is C=C/C(=C\C=C(/C)C(=O)/C(NC)=C(/C)N)[N+](=O)[O-]. The second kappa shape index (κ2) is 7.05. The van der Waals surface area contributed by atoms with Crippen LogP contribution < -0.4 is 11.1 Å². The number of rotatable bonds is 6. The Hall–Kier alpha value is -2.37. The summed E-state index contributed by atoms with van der Waals surface area (Å²) in [6, 6.07) is 0. The van der Waals surface area contributed by atoms with E-state index in [0.29, 0.717) is 11.3 Å². The Morgan fingerprint density at radius 1 is 1.39 bits per heavy atom. The minimum atomic E-state index is -0.579. The Labute approximate surface area is 106 Å². The summed E-state index contributed by atoms with van der Waals surface area (Å²) < 4.78 is 0. The molecule has 0 aliphatic carbocycles. The average Bonchev–Trinajstić information content (AvgIpc) is 2.29. The number of carbonyl (C=O) groups excluding carboxylic acids is 1. The van der Waals surface area contributed by atoms with Crippen molar-refractivity contribution >= 4 is 5.78 Å². The first-order valence-corrected chi connectivity index (χ1v) is 5.19. The topological polar surface area (TPSA) is 98.3 Å². The quantitative estimate of drug-likeness (QED) is 0.320. The lowest BCUT2D eigenvalue weighted by molar-refractivity contribution is -0.418. The number of nitrogens with zero attached hydrogens (tertiary/aromatic N) is 1. The fraction of sp³-hybridized carbons (Fsp3) is 0.250. The second-order valence-electron chi connectivity index (χ2n) is 3.54. The number of likely N-dealkylation sites (N-methyl/N-ethyl adjacent to an activating group) is 1. The molecule has 98 valence electrons. The summed E-state index contributed by atoms with van der Waals surface area (Å²) in [6.07, 6.45) is 3.69. The fourth-order valence-corrected chi connectivity index (χ4v) is 1.18. The van der Waals surface area contributed by atoms with Gasteiger partial charge in [0.1, 0.15) is 5.70 Å². The van der Waals surface area contributed by atoms with Crippen molar-refractivity contribution in [3.8, 4) is 0 Å². The highest BCUT2D eigenvalue weighted by Gasteiger charge is 2.12. The predicted octanol–water partition coefficient (Wildman–Crippen LogP) is 1.26. The van der Waals surface area contributed by atoms with Crippen LogP contribution in [0.25, 0.3) is 0 Å². The minimum absolute atomic E-state index is 0.179. The lowest BCUT2D eigenvalue weighted by atomic mass is 10.1. The number of nitro groups is 1. The molecule has 0 aromatic rings. The second-order valence-corrected chi connectivity index (χ2v) is 3.54. The van der Waals surface area contributed by atoms with Gasteiger partial charge in [0.05, 0.1) is 4.92 Å². The van der Waals surface area contributed by atoms with E-state index in [1.807, 2.05) is 0 Å². The van der Waals surface area contributed by atoms with Crippen molar-refractivity contribution in [1.29, 1.82) is 0 Å². The molecule has 6 nitrogen and oxygen atoms in total. The Morgan fingerprint density at radius 3 is 2.28 bits per heavy atom. The van der Waals surface area contributed by atoms with Crippen LogP contribution in [-0.2, 0) is 4.79 Å². The van der Waals surface area contributed by atoms with Gasteiger partial charge < -0.3 is 11.1 Å². The molecule has 0 saturated carbocycles. The Morgan fingerprint density at radius 2 is 1.94 bits per heavy atom. The van der Waals surface area contributed by atoms with Crippen LogP contribution in [-0.4, -0.2) is 17.8 Å². The van der Waals surface area contributed by atoms with E-state index in [1.54, 1.807) is 20.9 Å². The van der Waals surface area contributed by atoms with Gasteiger partial charge in [0, 0.05) is 24.9 Å². The molecule has 6 heteroatoms. The van der Waals surface area contributed by atoms with E-state index in [9.17, 15) is 14.9 Å². The van der Waals surface area contributed by atoms with Gasteiger partial charge in [-0.3, -0.25) is 14.9 Å². The molecule has 3 N–H and O–H groups in total. The first-order valence-electron chi connectivity index (χ1n) is 5.19. The number of hydrogen-bond acceptors (Lipinski definition) is 5. The summed E-state index contributed by atoms with van der Waals surface area (Å²) in [6.45, 7) is 6.47. The fourth-order valence-electron chi connectivity index (χ4n) is 1.18. The molecule has 0 aromatic carbocycles. The first kappa shape index (κ1) is 15.6. The summed E-state index contributed by atoms with van der Waals surface area (Å²) >= 11 is 0. The van der Waals surface area contributed by atoms with E-state index in [4.69, 9.17) is 5.73 Å². The highest BCUT2D eigenvalue weighted by atomic mass is 16.6. The monoisotopic (exact) mass is 251 g/mol. The van der Waals surface area contributed by atoms with E-state index in [-0.39, 0.29) is 17.2 Å². The van der Waals surface area contributed by atoms with Gasteiger partial charge in [0.25, 0.3) is 5.70 Å². The molecule has 18 heavy (non-hydrogen) atoms. The highest BCUT2D eigenvalue weighted by molar-refractivity contribution is 6.07. The first-order chi connectivity index (χ1) is 8.34. The highest BCUT2D eigenvalue weighted by Crippen LogP contribution is 2.07. The molecular weight excluding hydrogens is 234 g/mol. The Kier molecular flexibility index (Phi) is 6.12. The summed E-state index contributed by atoms with van der Waals surface area (Å²) in [7, 11) is 1.58. The molecule has 0 rings (SSSR count). The van der Waals surface area contributed by atoms with Crippen LogP contribution >= 0.6 is 0 Å². The van der Waals surface area contributed by atoms with Crippen LogP contribution in [0.2, 0.25) is 0 Å². The lowest BCUT2D eigenvalue weighted by Gasteiger charge is -2.07. The predicted molar refractivity (Wildman–Crippen MR) is 70.0 cm³/mol. The van der Waals surface area contributed by atoms with Crippen LogP contribution in [0.5, 0.6) is 0 Å². The Bertz CT molecular complexity index is 455. The van der Waals surface area contributed by atoms with Crippen molar-refractivity contribution in [3.05, 3.63) is 57.6 Å². The van der Waals surface area contributed by atoms with Gasteiger partial charge in [0.15, 0.2) is 0 Å². The molecule has 0 bridgehead atoms. The molecule has 0 aromatic heterocycles. The van der Waals surface area contributed by atoms with Crippen molar-refractivity contribution in [2.24, 2.45) is 5.73 Å². The maximum absolute atomic E-state index is 11.9. The van der Waals surface area contributed by atoms with Crippen molar-refractivity contribution in [3.63, 3.8) is 0 Å². The maximum Gasteiger partial charge on any atom is 0.268 e. The molecule has 0 aliphatic rings. The molecule has 0 unspecified atom stereocenters. The number of Topliss-reactive ketones (excluding diaryl/α,β-unsaturated/α-hetero) is 1. The summed E-state index contributed by atoms with van der Waals surface area (Å²) in [4.78, 5) is 21.8. The smallest absolute Gasteiger partial charge is 0.268 e. The van der Waals surface area contributed by atoms with E-state index in [2.05, 4.69) is 11.9 Å². The molecular formula is C12H17N3O3. The van der Waals surface area contributed by atoms with Gasteiger partial charge >= 0.3 is 0 Å². The largest absolute Gasteiger partial charge is 0.400 e. The van der Waals surface area contributed by atoms with Crippen LogP contribution in [0.4, 0.5) is 0 Å². The zero-order valence-corrected chi connectivity index (χ0v) is 10.7. The van der Waals surface area contributed by atoms with Crippen LogP contribution in [0.3, 0.4) is 0 Å². The van der Waals surface area contributed by atoms with Crippen LogP contribution in [0.15, 0.2) is 47.5 Å². The van der Waals surface area contributed by atoms with Gasteiger partial charge in [-0.1, -0.05) is 6.58 Å². The zero-order chi connectivity index (χ0) is 14.3. The molecule has 0 saturated heterocycles. The number of nitrogens with two attached hydrogens (primary N) is 1.